The van der Waals surface area contributed by atoms with E-state index in [9.17, 15) is 4.79 Å². The van der Waals surface area contributed by atoms with E-state index in [0.29, 0.717) is 5.88 Å². The molecule has 2 aliphatic heterocycles. The van der Waals surface area contributed by atoms with Gasteiger partial charge >= 0.3 is 6.09 Å². The largest absolute Gasteiger partial charge is 0.473 e. The van der Waals surface area contributed by atoms with Gasteiger partial charge in [-0.2, -0.15) is 5.10 Å². The fourth-order valence-electron chi connectivity index (χ4n) is 3.46. The predicted octanol–water partition coefficient (Wildman–Crippen LogP) is 3.09. The summed E-state index contributed by atoms with van der Waals surface area (Å²) in [6, 6.07) is 4.15. The van der Waals surface area contributed by atoms with Gasteiger partial charge in [0.05, 0.1) is 5.69 Å². The Bertz CT molecular complexity index is 553. The minimum atomic E-state index is -0.457. The summed E-state index contributed by atoms with van der Waals surface area (Å²) >= 11 is 0. The number of fused-ring (bicyclic) bond motifs is 2. The molecule has 3 heterocycles. The topological polar surface area (TPSA) is 64.5 Å². The molecule has 2 fully saturated rings. The highest BCUT2D eigenvalue weighted by Crippen LogP contribution is 2.38. The van der Waals surface area contributed by atoms with Crippen molar-refractivity contribution >= 4 is 6.09 Å². The number of aryl methyl sites for hydroxylation is 1. The van der Waals surface area contributed by atoms with Crippen molar-refractivity contribution in [3.63, 3.8) is 0 Å². The summed E-state index contributed by atoms with van der Waals surface area (Å²) in [5, 5.41) is 8.09. The Hall–Kier alpha value is -1.85. The second-order valence-electron chi connectivity index (χ2n) is 7.50. The third kappa shape index (κ3) is 3.74. The van der Waals surface area contributed by atoms with Crippen molar-refractivity contribution in [2.75, 3.05) is 0 Å². The molecule has 0 radical (unpaired) electrons. The van der Waals surface area contributed by atoms with E-state index < -0.39 is 5.60 Å². The molecule has 0 aliphatic carbocycles. The fraction of sp³-hybridized carbons (Fsp3) is 0.706. The number of rotatable bonds is 2. The van der Waals surface area contributed by atoms with Crippen LogP contribution in [0.15, 0.2) is 12.1 Å². The van der Waals surface area contributed by atoms with Gasteiger partial charge < -0.3 is 14.4 Å². The van der Waals surface area contributed by atoms with Crippen molar-refractivity contribution < 1.29 is 14.3 Å². The zero-order valence-electron chi connectivity index (χ0n) is 14.3. The quantitative estimate of drug-likeness (QED) is 0.838. The van der Waals surface area contributed by atoms with E-state index in [2.05, 4.69) is 10.2 Å². The first-order valence-corrected chi connectivity index (χ1v) is 8.30. The zero-order chi connectivity index (χ0) is 16.6. The highest BCUT2D eigenvalue weighted by molar-refractivity contribution is 5.69. The molecular weight excluding hydrogens is 294 g/mol. The van der Waals surface area contributed by atoms with Crippen molar-refractivity contribution in [2.24, 2.45) is 0 Å². The smallest absolute Gasteiger partial charge is 0.410 e. The molecule has 2 saturated heterocycles. The second-order valence-corrected chi connectivity index (χ2v) is 7.50. The minimum Gasteiger partial charge on any atom is -0.473 e. The third-order valence-corrected chi connectivity index (χ3v) is 4.35. The van der Waals surface area contributed by atoms with E-state index in [4.69, 9.17) is 9.47 Å². The van der Waals surface area contributed by atoms with Crippen LogP contribution in [0, 0.1) is 6.92 Å². The van der Waals surface area contributed by atoms with Crippen molar-refractivity contribution in [3.05, 3.63) is 17.8 Å². The predicted molar refractivity (Wildman–Crippen MR) is 85.3 cm³/mol. The maximum atomic E-state index is 12.4. The Morgan fingerprint density at radius 2 is 1.83 bits per heavy atom. The van der Waals surface area contributed by atoms with E-state index in [1.165, 1.54) is 0 Å². The Labute approximate surface area is 137 Å². The van der Waals surface area contributed by atoms with Crippen LogP contribution in [-0.4, -0.2) is 45.0 Å². The Balaban J connectivity index is 1.62. The molecule has 6 heteroatoms. The molecule has 2 aliphatic rings. The summed E-state index contributed by atoms with van der Waals surface area (Å²) in [5.74, 6) is 0.561. The van der Waals surface area contributed by atoms with Crippen LogP contribution < -0.4 is 4.74 Å². The number of piperidine rings is 1. The van der Waals surface area contributed by atoms with Crippen LogP contribution in [0.3, 0.4) is 0 Å². The average Bonchev–Trinajstić information content (AvgIpc) is 2.72. The summed E-state index contributed by atoms with van der Waals surface area (Å²) in [6.07, 6.45) is 3.57. The first-order chi connectivity index (χ1) is 10.8. The van der Waals surface area contributed by atoms with E-state index in [-0.39, 0.29) is 24.3 Å². The molecule has 23 heavy (non-hydrogen) atoms. The number of hydrogen-bond acceptors (Lipinski definition) is 5. The molecule has 2 bridgehead atoms. The Morgan fingerprint density at radius 3 is 2.35 bits per heavy atom. The highest BCUT2D eigenvalue weighted by Gasteiger charge is 2.45. The molecular formula is C17H25N3O3. The zero-order valence-corrected chi connectivity index (χ0v) is 14.3. The van der Waals surface area contributed by atoms with E-state index >= 15 is 0 Å². The van der Waals surface area contributed by atoms with Gasteiger partial charge in [-0.15, -0.1) is 5.10 Å². The maximum absolute atomic E-state index is 12.4. The molecule has 3 atom stereocenters. The van der Waals surface area contributed by atoms with Gasteiger partial charge in [0.1, 0.15) is 11.7 Å². The summed E-state index contributed by atoms with van der Waals surface area (Å²) in [5.41, 5.74) is 0.415. The lowest BCUT2D eigenvalue weighted by molar-refractivity contribution is -0.00771. The molecule has 1 aromatic heterocycles. The van der Waals surface area contributed by atoms with E-state index in [0.717, 1.165) is 31.4 Å². The lowest BCUT2D eigenvalue weighted by Gasteiger charge is -2.39. The molecule has 0 N–H and O–H groups in total. The normalized spacial score (nSPS) is 27.0. The number of ether oxygens (including phenoxy) is 2. The lowest BCUT2D eigenvalue weighted by atomic mass is 10.0. The van der Waals surface area contributed by atoms with E-state index in [1.54, 1.807) is 0 Å². The van der Waals surface area contributed by atoms with Gasteiger partial charge in [0.25, 0.3) is 0 Å². The van der Waals surface area contributed by atoms with Crippen molar-refractivity contribution in [1.82, 2.24) is 15.1 Å². The van der Waals surface area contributed by atoms with Crippen LogP contribution in [0.1, 0.15) is 52.1 Å². The Kier molecular flexibility index (Phi) is 4.17. The van der Waals surface area contributed by atoms with Gasteiger partial charge in [0.15, 0.2) is 0 Å². The second kappa shape index (κ2) is 5.98. The molecule has 1 aromatic rings. The van der Waals surface area contributed by atoms with Gasteiger partial charge in [-0.05, 0) is 46.6 Å². The summed E-state index contributed by atoms with van der Waals surface area (Å²) in [7, 11) is 0. The van der Waals surface area contributed by atoms with Gasteiger partial charge in [-0.25, -0.2) is 4.79 Å². The number of amides is 1. The van der Waals surface area contributed by atoms with Crippen LogP contribution in [0.5, 0.6) is 5.88 Å². The molecule has 0 spiro atoms. The Morgan fingerprint density at radius 1 is 1.17 bits per heavy atom. The van der Waals surface area contributed by atoms with Crippen LogP contribution in [0.4, 0.5) is 4.79 Å². The average molecular weight is 319 g/mol. The van der Waals surface area contributed by atoms with Gasteiger partial charge in [0.2, 0.25) is 5.88 Å². The lowest BCUT2D eigenvalue weighted by Crippen LogP contribution is -2.50. The molecule has 126 valence electrons. The summed E-state index contributed by atoms with van der Waals surface area (Å²) in [6.45, 7) is 7.60. The maximum Gasteiger partial charge on any atom is 0.410 e. The molecule has 0 saturated carbocycles. The van der Waals surface area contributed by atoms with Crippen LogP contribution in [0.2, 0.25) is 0 Å². The monoisotopic (exact) mass is 319 g/mol. The standard InChI is InChI=1S/C17H25N3O3/c1-11-5-8-15(19-18-11)22-14-9-12-6-7-13(10-14)20(12)16(21)23-17(2,3)4/h5,8,12-14H,6-7,9-10H2,1-4H3/t12-,13+,14+. The van der Waals surface area contributed by atoms with Crippen molar-refractivity contribution in [3.8, 4) is 5.88 Å². The molecule has 6 nitrogen and oxygen atoms in total. The number of carbonyl (C=O) groups is 1. The molecule has 0 aromatic carbocycles. The first-order valence-electron chi connectivity index (χ1n) is 8.30. The highest BCUT2D eigenvalue weighted by atomic mass is 16.6. The number of aromatic nitrogens is 2. The first kappa shape index (κ1) is 16.0. The van der Waals surface area contributed by atoms with Crippen molar-refractivity contribution in [1.29, 1.82) is 0 Å². The fourth-order valence-corrected chi connectivity index (χ4v) is 3.46. The summed E-state index contributed by atoms with van der Waals surface area (Å²) < 4.78 is 11.5. The number of carbonyl (C=O) groups excluding carboxylic acids is 1. The third-order valence-electron chi connectivity index (χ3n) is 4.35. The minimum absolute atomic E-state index is 0.0863. The molecule has 3 rings (SSSR count). The number of nitrogens with zero attached hydrogens (tertiary/aromatic N) is 3. The van der Waals surface area contributed by atoms with E-state index in [1.807, 2.05) is 44.7 Å². The summed E-state index contributed by atoms with van der Waals surface area (Å²) in [4.78, 5) is 14.3. The molecule has 0 unspecified atom stereocenters. The van der Waals surface area contributed by atoms with Gasteiger partial charge in [-0.3, -0.25) is 0 Å². The van der Waals surface area contributed by atoms with Crippen LogP contribution in [0.25, 0.3) is 0 Å². The number of hydrogen-bond donors (Lipinski definition) is 0. The van der Waals surface area contributed by atoms with Crippen molar-refractivity contribution in [2.45, 2.75) is 77.2 Å². The SMILES string of the molecule is Cc1ccc(O[C@H]2C[C@H]3CC[C@@H](C2)N3C(=O)OC(C)(C)C)nn1. The van der Waals surface area contributed by atoms with Crippen LogP contribution in [-0.2, 0) is 4.74 Å². The van der Waals surface area contributed by atoms with Crippen LogP contribution >= 0.6 is 0 Å². The van der Waals surface area contributed by atoms with Gasteiger partial charge in [0, 0.05) is 31.0 Å². The van der Waals surface area contributed by atoms with Gasteiger partial charge in [-0.1, -0.05) is 0 Å². The molecule has 1 amide bonds.